The van der Waals surface area contributed by atoms with Gasteiger partial charge in [-0.1, -0.05) is 36.4 Å². The summed E-state index contributed by atoms with van der Waals surface area (Å²) in [5, 5.41) is 9.86. The number of H-pyrrole nitrogens is 1. The van der Waals surface area contributed by atoms with Crippen molar-refractivity contribution in [1.82, 2.24) is 4.98 Å². The molecule has 0 radical (unpaired) electrons. The molecule has 3 aromatic rings. The molecule has 1 aromatic heterocycles. The molecule has 18 heavy (non-hydrogen) atoms. The van der Waals surface area contributed by atoms with Gasteiger partial charge in [-0.2, -0.15) is 5.26 Å². The van der Waals surface area contributed by atoms with Crippen molar-refractivity contribution >= 4 is 10.9 Å². The van der Waals surface area contributed by atoms with Gasteiger partial charge in [0.2, 0.25) is 0 Å². The third-order valence-electron chi connectivity index (χ3n) is 3.05. The van der Waals surface area contributed by atoms with Crippen molar-refractivity contribution in [3.05, 3.63) is 60.3 Å². The molecule has 0 atom stereocenters. The van der Waals surface area contributed by atoms with Crippen LogP contribution in [0.2, 0.25) is 0 Å². The molecule has 0 spiro atoms. The van der Waals surface area contributed by atoms with Crippen molar-refractivity contribution in [2.24, 2.45) is 0 Å². The van der Waals surface area contributed by atoms with Gasteiger partial charge in [0.05, 0.1) is 12.5 Å². The highest BCUT2D eigenvalue weighted by Crippen LogP contribution is 2.24. The topological polar surface area (TPSA) is 39.6 Å². The highest BCUT2D eigenvalue weighted by atomic mass is 14.7. The van der Waals surface area contributed by atoms with E-state index in [9.17, 15) is 0 Å². The van der Waals surface area contributed by atoms with E-state index in [-0.39, 0.29) is 0 Å². The van der Waals surface area contributed by atoms with Gasteiger partial charge in [-0.25, -0.2) is 0 Å². The molecule has 0 amide bonds. The first-order valence-corrected chi connectivity index (χ1v) is 5.91. The molecule has 2 heteroatoms. The molecular weight excluding hydrogens is 220 g/mol. The number of benzene rings is 2. The molecule has 86 valence electrons. The fourth-order valence-corrected chi connectivity index (χ4v) is 2.18. The summed E-state index contributed by atoms with van der Waals surface area (Å²) in [7, 11) is 0. The van der Waals surface area contributed by atoms with Gasteiger partial charge in [0.1, 0.15) is 0 Å². The van der Waals surface area contributed by atoms with Crippen LogP contribution in [0.3, 0.4) is 0 Å². The Bertz CT molecular complexity index is 718. The summed E-state index contributed by atoms with van der Waals surface area (Å²) in [6.45, 7) is 0. The lowest BCUT2D eigenvalue weighted by Gasteiger charge is -2.00. The number of nitrogens with one attached hydrogen (secondary N) is 1. The van der Waals surface area contributed by atoms with E-state index < -0.39 is 0 Å². The lowest BCUT2D eigenvalue weighted by atomic mass is 10.0. The van der Waals surface area contributed by atoms with Crippen LogP contribution in [-0.4, -0.2) is 4.98 Å². The van der Waals surface area contributed by atoms with E-state index in [0.717, 1.165) is 16.6 Å². The predicted octanol–water partition coefficient (Wildman–Crippen LogP) is 3.90. The van der Waals surface area contributed by atoms with Crippen molar-refractivity contribution < 1.29 is 0 Å². The van der Waals surface area contributed by atoms with Crippen LogP contribution in [0.25, 0.3) is 22.0 Å². The first-order valence-electron chi connectivity index (χ1n) is 5.91. The van der Waals surface area contributed by atoms with Crippen LogP contribution in [-0.2, 0) is 6.42 Å². The molecule has 2 nitrogen and oxygen atoms in total. The van der Waals surface area contributed by atoms with Crippen molar-refractivity contribution in [3.63, 3.8) is 0 Å². The van der Waals surface area contributed by atoms with Crippen LogP contribution in [0.4, 0.5) is 0 Å². The molecule has 3 rings (SSSR count). The van der Waals surface area contributed by atoms with E-state index in [4.69, 9.17) is 5.26 Å². The van der Waals surface area contributed by atoms with Crippen molar-refractivity contribution in [1.29, 1.82) is 5.26 Å². The highest BCUT2D eigenvalue weighted by molar-refractivity contribution is 5.85. The van der Waals surface area contributed by atoms with E-state index in [1.165, 1.54) is 11.1 Å². The maximum Gasteiger partial charge on any atom is 0.0752 e. The van der Waals surface area contributed by atoms with Crippen molar-refractivity contribution in [2.75, 3.05) is 0 Å². The fraction of sp³-hybridized carbons (Fsp3) is 0.0625. The van der Waals surface area contributed by atoms with Gasteiger partial charge in [0, 0.05) is 16.6 Å². The maximum absolute atomic E-state index is 8.71. The Morgan fingerprint density at radius 2 is 1.78 bits per heavy atom. The monoisotopic (exact) mass is 232 g/mol. The van der Waals surface area contributed by atoms with Crippen LogP contribution in [0.15, 0.2) is 54.6 Å². The van der Waals surface area contributed by atoms with Crippen LogP contribution in [0.5, 0.6) is 0 Å². The van der Waals surface area contributed by atoms with Crippen LogP contribution >= 0.6 is 0 Å². The molecule has 0 aliphatic heterocycles. The van der Waals surface area contributed by atoms with Crippen molar-refractivity contribution in [2.45, 2.75) is 6.42 Å². The molecule has 1 heterocycles. The van der Waals surface area contributed by atoms with Crippen LogP contribution < -0.4 is 0 Å². The SMILES string of the molecule is N#CCc1cc2cc(-c3ccccc3)ccc2[nH]1. The zero-order chi connectivity index (χ0) is 12.4. The second-order valence-corrected chi connectivity index (χ2v) is 4.30. The lowest BCUT2D eigenvalue weighted by Crippen LogP contribution is -1.78. The van der Waals surface area contributed by atoms with Gasteiger partial charge in [-0.05, 0) is 29.3 Å². The number of nitriles is 1. The summed E-state index contributed by atoms with van der Waals surface area (Å²) in [4.78, 5) is 3.25. The van der Waals surface area contributed by atoms with Gasteiger partial charge in [0.15, 0.2) is 0 Å². The van der Waals surface area contributed by atoms with Gasteiger partial charge in [0.25, 0.3) is 0 Å². The third-order valence-corrected chi connectivity index (χ3v) is 3.05. The lowest BCUT2D eigenvalue weighted by molar-refractivity contribution is 1.17. The van der Waals surface area contributed by atoms with Gasteiger partial charge in [-0.3, -0.25) is 0 Å². The van der Waals surface area contributed by atoms with E-state index in [1.54, 1.807) is 0 Å². The summed E-state index contributed by atoms with van der Waals surface area (Å²) >= 11 is 0. The van der Waals surface area contributed by atoms with Gasteiger partial charge >= 0.3 is 0 Å². The quantitative estimate of drug-likeness (QED) is 0.715. The Balaban J connectivity index is 2.09. The van der Waals surface area contributed by atoms with Crippen LogP contribution in [0, 0.1) is 11.3 Å². The van der Waals surface area contributed by atoms with E-state index in [0.29, 0.717) is 6.42 Å². The number of fused-ring (bicyclic) bond motifs is 1. The standard InChI is InChI=1S/C16H12N2/c17-9-8-15-11-14-10-13(6-7-16(14)18-15)12-4-2-1-3-5-12/h1-7,10-11,18H,8H2. The number of rotatable bonds is 2. The Hall–Kier alpha value is -2.53. The minimum absolute atomic E-state index is 0.426. The molecule has 0 bridgehead atoms. The summed E-state index contributed by atoms with van der Waals surface area (Å²) in [6.07, 6.45) is 0.426. The molecule has 2 aromatic carbocycles. The summed E-state index contributed by atoms with van der Waals surface area (Å²) in [5.41, 5.74) is 4.46. The Morgan fingerprint density at radius 1 is 0.944 bits per heavy atom. The molecule has 0 fully saturated rings. The molecule has 0 aliphatic carbocycles. The molecule has 0 saturated heterocycles. The van der Waals surface area contributed by atoms with Gasteiger partial charge < -0.3 is 4.98 Å². The highest BCUT2D eigenvalue weighted by Gasteiger charge is 2.02. The average molecular weight is 232 g/mol. The normalized spacial score (nSPS) is 10.4. The zero-order valence-corrected chi connectivity index (χ0v) is 9.85. The van der Waals surface area contributed by atoms with E-state index in [1.807, 2.05) is 24.3 Å². The third kappa shape index (κ3) is 1.87. The minimum atomic E-state index is 0.426. The zero-order valence-electron chi connectivity index (χ0n) is 9.85. The fourth-order valence-electron chi connectivity index (χ4n) is 2.18. The number of nitrogens with zero attached hydrogens (tertiary/aromatic N) is 1. The molecular formula is C16H12N2. The Kier molecular flexibility index (Phi) is 2.59. The van der Waals surface area contributed by atoms with E-state index >= 15 is 0 Å². The van der Waals surface area contributed by atoms with Gasteiger partial charge in [-0.15, -0.1) is 0 Å². The Labute approximate surface area is 106 Å². The number of hydrogen-bond acceptors (Lipinski definition) is 1. The summed E-state index contributed by atoms with van der Waals surface area (Å²) < 4.78 is 0. The van der Waals surface area contributed by atoms with Crippen LogP contribution in [0.1, 0.15) is 5.69 Å². The number of hydrogen-bond donors (Lipinski definition) is 1. The molecule has 1 N–H and O–H groups in total. The smallest absolute Gasteiger partial charge is 0.0752 e. The summed E-state index contributed by atoms with van der Waals surface area (Å²) in [6, 6.07) is 20.8. The predicted molar refractivity (Wildman–Crippen MR) is 73.1 cm³/mol. The van der Waals surface area contributed by atoms with E-state index in [2.05, 4.69) is 41.4 Å². The largest absolute Gasteiger partial charge is 0.358 e. The van der Waals surface area contributed by atoms with Crippen molar-refractivity contribution in [3.8, 4) is 17.2 Å². The first kappa shape index (κ1) is 10.6. The number of aromatic nitrogens is 1. The minimum Gasteiger partial charge on any atom is -0.358 e. The average Bonchev–Trinajstić information content (AvgIpc) is 2.81. The summed E-state index contributed by atoms with van der Waals surface area (Å²) in [5.74, 6) is 0. The Morgan fingerprint density at radius 3 is 2.56 bits per heavy atom. The molecule has 0 unspecified atom stereocenters. The first-order chi connectivity index (χ1) is 8.86. The molecule has 0 aliphatic rings. The second-order valence-electron chi connectivity index (χ2n) is 4.30. The second kappa shape index (κ2) is 4.38. The molecule has 0 saturated carbocycles. The number of aromatic amines is 1. The maximum atomic E-state index is 8.71.